The summed E-state index contributed by atoms with van der Waals surface area (Å²) in [5.74, 6) is 0.411. The molecule has 0 bridgehead atoms. The topological polar surface area (TPSA) is 85.6 Å². The fourth-order valence-corrected chi connectivity index (χ4v) is 2.04. The molecule has 0 aliphatic heterocycles. The first-order valence-corrected chi connectivity index (χ1v) is 6.94. The van der Waals surface area contributed by atoms with Crippen molar-refractivity contribution in [2.75, 3.05) is 5.32 Å². The van der Waals surface area contributed by atoms with Gasteiger partial charge in [0.25, 0.3) is 0 Å². The maximum Gasteiger partial charge on any atom is 0.248 e. The number of tetrazole rings is 1. The lowest BCUT2D eigenvalue weighted by Crippen LogP contribution is -2.07. The van der Waals surface area contributed by atoms with E-state index in [1.165, 1.54) is 6.08 Å². The molecular weight excluding hydrogens is 292 g/mol. The van der Waals surface area contributed by atoms with Crippen LogP contribution < -0.4 is 5.32 Å². The van der Waals surface area contributed by atoms with E-state index in [1.807, 2.05) is 36.4 Å². The molecule has 0 unspecified atom stereocenters. The normalized spacial score (nSPS) is 10.8. The molecule has 0 fully saturated rings. The summed E-state index contributed by atoms with van der Waals surface area (Å²) >= 11 is 0. The second kappa shape index (κ2) is 6.61. The zero-order valence-electron chi connectivity index (χ0n) is 12.4. The molecule has 0 saturated heterocycles. The van der Waals surface area contributed by atoms with E-state index in [2.05, 4.69) is 25.8 Å². The fraction of sp³-hybridized carbons (Fsp3) is 0.0625. The molecule has 0 aliphatic rings. The lowest BCUT2D eigenvalue weighted by atomic mass is 10.2. The highest BCUT2D eigenvalue weighted by atomic mass is 16.1. The molecule has 7 heteroatoms. The lowest BCUT2D eigenvalue weighted by Gasteiger charge is -2.04. The number of aromatic nitrogens is 5. The minimum absolute atomic E-state index is 0.220. The van der Waals surface area contributed by atoms with E-state index in [4.69, 9.17) is 0 Å². The second-order valence-electron chi connectivity index (χ2n) is 4.82. The predicted octanol–water partition coefficient (Wildman–Crippen LogP) is 1.92. The number of pyridine rings is 1. The third-order valence-electron chi connectivity index (χ3n) is 3.12. The van der Waals surface area contributed by atoms with Gasteiger partial charge in [0.15, 0.2) is 5.82 Å². The number of nitrogens with one attached hydrogen (secondary N) is 1. The molecule has 0 atom stereocenters. The molecule has 2 heterocycles. The van der Waals surface area contributed by atoms with Gasteiger partial charge in [-0.2, -0.15) is 0 Å². The summed E-state index contributed by atoms with van der Waals surface area (Å²) in [6.07, 6.45) is 6.54. The highest BCUT2D eigenvalue weighted by Gasteiger charge is 2.07. The number of carbonyl (C=O) groups is 1. The molecule has 1 aromatic carbocycles. The van der Waals surface area contributed by atoms with Crippen LogP contribution in [0, 0.1) is 0 Å². The Morgan fingerprint density at radius 1 is 1.26 bits per heavy atom. The molecule has 114 valence electrons. The maximum absolute atomic E-state index is 12.0. The van der Waals surface area contributed by atoms with Crippen molar-refractivity contribution in [3.05, 3.63) is 60.4 Å². The van der Waals surface area contributed by atoms with E-state index in [0.29, 0.717) is 11.5 Å². The van der Waals surface area contributed by atoms with Crippen molar-refractivity contribution in [1.29, 1.82) is 0 Å². The Kier molecular flexibility index (Phi) is 4.19. The molecule has 0 aliphatic carbocycles. The molecule has 3 rings (SSSR count). The van der Waals surface area contributed by atoms with Gasteiger partial charge in [-0.1, -0.05) is 18.2 Å². The van der Waals surface area contributed by atoms with Gasteiger partial charge in [-0.3, -0.25) is 9.78 Å². The predicted molar refractivity (Wildman–Crippen MR) is 86.1 cm³/mol. The van der Waals surface area contributed by atoms with Crippen molar-refractivity contribution >= 4 is 17.7 Å². The first kappa shape index (κ1) is 14.6. The molecule has 1 N–H and O–H groups in total. The summed E-state index contributed by atoms with van der Waals surface area (Å²) in [6.45, 7) is 0. The third-order valence-corrected chi connectivity index (χ3v) is 3.12. The fourth-order valence-electron chi connectivity index (χ4n) is 2.04. The Labute approximate surface area is 132 Å². The molecule has 3 aromatic rings. The number of carbonyl (C=O) groups excluding carboxylic acids is 1. The van der Waals surface area contributed by atoms with Crippen LogP contribution in [-0.4, -0.2) is 31.1 Å². The SMILES string of the molecule is Cn1nnnc1-c1cccc(NC(=O)/C=C/c2cccnc2)c1. The van der Waals surface area contributed by atoms with Gasteiger partial charge in [0.05, 0.1) is 0 Å². The van der Waals surface area contributed by atoms with Crippen molar-refractivity contribution in [2.24, 2.45) is 7.05 Å². The first-order chi connectivity index (χ1) is 11.2. The van der Waals surface area contributed by atoms with Gasteiger partial charge in [-0.25, -0.2) is 4.68 Å². The van der Waals surface area contributed by atoms with Gasteiger partial charge in [-0.05, 0) is 40.3 Å². The Morgan fingerprint density at radius 3 is 2.91 bits per heavy atom. The standard InChI is InChI=1S/C16H14N6O/c1-22-16(19-20-21-22)13-5-2-6-14(10-13)18-15(23)8-7-12-4-3-9-17-11-12/h2-11H,1H3,(H,18,23)/b8-7+. The van der Waals surface area contributed by atoms with E-state index in [-0.39, 0.29) is 5.91 Å². The van der Waals surface area contributed by atoms with Crippen LogP contribution in [0.3, 0.4) is 0 Å². The smallest absolute Gasteiger partial charge is 0.248 e. The summed E-state index contributed by atoms with van der Waals surface area (Å²) in [4.78, 5) is 16.0. The maximum atomic E-state index is 12.0. The van der Waals surface area contributed by atoms with Crippen LogP contribution >= 0.6 is 0 Å². The number of aryl methyl sites for hydroxylation is 1. The van der Waals surface area contributed by atoms with Gasteiger partial charge >= 0.3 is 0 Å². The summed E-state index contributed by atoms with van der Waals surface area (Å²) in [7, 11) is 1.76. The number of hydrogen-bond acceptors (Lipinski definition) is 5. The number of benzene rings is 1. The summed E-state index contributed by atoms with van der Waals surface area (Å²) in [5, 5.41) is 14.2. The minimum Gasteiger partial charge on any atom is -0.322 e. The zero-order valence-corrected chi connectivity index (χ0v) is 12.4. The van der Waals surface area contributed by atoms with Gasteiger partial charge < -0.3 is 5.32 Å². The average Bonchev–Trinajstić information content (AvgIpc) is 3.00. The number of amides is 1. The van der Waals surface area contributed by atoms with Gasteiger partial charge in [-0.15, -0.1) is 5.10 Å². The molecule has 23 heavy (non-hydrogen) atoms. The highest BCUT2D eigenvalue weighted by molar-refractivity contribution is 6.02. The van der Waals surface area contributed by atoms with Crippen molar-refractivity contribution in [3.8, 4) is 11.4 Å². The Hall–Kier alpha value is -3.35. The molecule has 0 spiro atoms. The van der Waals surface area contributed by atoms with Crippen LogP contribution in [0.2, 0.25) is 0 Å². The number of nitrogens with zero attached hydrogens (tertiary/aromatic N) is 5. The van der Waals surface area contributed by atoms with E-state index >= 15 is 0 Å². The van der Waals surface area contributed by atoms with E-state index < -0.39 is 0 Å². The highest BCUT2D eigenvalue weighted by Crippen LogP contribution is 2.19. The van der Waals surface area contributed by atoms with Crippen LogP contribution in [0.15, 0.2) is 54.9 Å². The zero-order chi connectivity index (χ0) is 16.1. The minimum atomic E-state index is -0.220. The third kappa shape index (κ3) is 3.65. The summed E-state index contributed by atoms with van der Waals surface area (Å²) in [5.41, 5.74) is 2.36. The van der Waals surface area contributed by atoms with Crippen LogP contribution in [0.25, 0.3) is 17.5 Å². The average molecular weight is 306 g/mol. The Bertz CT molecular complexity index is 841. The van der Waals surface area contributed by atoms with E-state index in [9.17, 15) is 4.79 Å². The lowest BCUT2D eigenvalue weighted by molar-refractivity contribution is -0.111. The molecule has 2 aromatic heterocycles. The Balaban J connectivity index is 1.72. The van der Waals surface area contributed by atoms with Crippen LogP contribution in [0.4, 0.5) is 5.69 Å². The quantitative estimate of drug-likeness (QED) is 0.744. The van der Waals surface area contributed by atoms with Gasteiger partial charge in [0, 0.05) is 36.8 Å². The number of rotatable bonds is 4. The van der Waals surface area contributed by atoms with Crippen LogP contribution in [-0.2, 0) is 11.8 Å². The number of anilines is 1. The Morgan fingerprint density at radius 2 is 2.17 bits per heavy atom. The van der Waals surface area contributed by atoms with Crippen molar-refractivity contribution < 1.29 is 4.79 Å². The molecule has 7 nitrogen and oxygen atoms in total. The summed E-state index contributed by atoms with van der Waals surface area (Å²) in [6, 6.07) is 11.0. The van der Waals surface area contributed by atoms with Crippen molar-refractivity contribution in [1.82, 2.24) is 25.2 Å². The van der Waals surface area contributed by atoms with Gasteiger partial charge in [0.1, 0.15) is 0 Å². The molecular formula is C16H14N6O. The molecule has 1 amide bonds. The molecule has 0 radical (unpaired) electrons. The van der Waals surface area contributed by atoms with Crippen LogP contribution in [0.5, 0.6) is 0 Å². The summed E-state index contributed by atoms with van der Waals surface area (Å²) < 4.78 is 1.57. The van der Waals surface area contributed by atoms with Crippen molar-refractivity contribution in [3.63, 3.8) is 0 Å². The van der Waals surface area contributed by atoms with Crippen molar-refractivity contribution in [2.45, 2.75) is 0 Å². The van der Waals surface area contributed by atoms with E-state index in [0.717, 1.165) is 11.1 Å². The second-order valence-corrected chi connectivity index (χ2v) is 4.82. The van der Waals surface area contributed by atoms with Gasteiger partial charge in [0.2, 0.25) is 5.91 Å². The largest absolute Gasteiger partial charge is 0.322 e. The van der Waals surface area contributed by atoms with Crippen LogP contribution in [0.1, 0.15) is 5.56 Å². The van der Waals surface area contributed by atoms with E-state index in [1.54, 1.807) is 30.2 Å². The number of hydrogen-bond donors (Lipinski definition) is 1. The first-order valence-electron chi connectivity index (χ1n) is 6.94. The monoisotopic (exact) mass is 306 g/mol. The molecule has 0 saturated carbocycles.